The second-order valence-corrected chi connectivity index (χ2v) is 3.21. The first-order valence-corrected chi connectivity index (χ1v) is 4.65. The summed E-state index contributed by atoms with van der Waals surface area (Å²) in [4.78, 5) is 4.14. The minimum atomic E-state index is 0.620. The van der Waals surface area contributed by atoms with E-state index >= 15 is 0 Å². The molecule has 2 N–H and O–H groups in total. The summed E-state index contributed by atoms with van der Waals surface area (Å²) >= 11 is 0. The summed E-state index contributed by atoms with van der Waals surface area (Å²) in [6, 6.07) is 11.5. The molecule has 0 aliphatic carbocycles. The molecule has 1 aromatic heterocycles. The van der Waals surface area contributed by atoms with Gasteiger partial charge in [-0.2, -0.15) is 0 Å². The van der Waals surface area contributed by atoms with E-state index in [4.69, 9.17) is 10.5 Å². The van der Waals surface area contributed by atoms with Crippen LogP contribution in [0.5, 0.6) is 5.88 Å². The molecule has 3 nitrogen and oxygen atoms in total. The predicted octanol–water partition coefficient (Wildman–Crippen LogP) is 2.34. The number of pyridine rings is 1. The topological polar surface area (TPSA) is 48.1 Å². The zero-order valence-corrected chi connectivity index (χ0v) is 8.47. The van der Waals surface area contributed by atoms with Gasteiger partial charge in [0.25, 0.3) is 0 Å². The van der Waals surface area contributed by atoms with Crippen LogP contribution in [0.1, 0.15) is 0 Å². The first-order chi connectivity index (χ1) is 7.29. The molecule has 0 fully saturated rings. The fraction of sp³-hybridized carbons (Fsp3) is 0.0833. The van der Waals surface area contributed by atoms with E-state index in [2.05, 4.69) is 4.98 Å². The van der Waals surface area contributed by atoms with Crippen molar-refractivity contribution in [1.82, 2.24) is 4.98 Å². The van der Waals surface area contributed by atoms with Gasteiger partial charge < -0.3 is 10.5 Å². The number of ether oxygens (including phenoxy) is 1. The van der Waals surface area contributed by atoms with E-state index in [0.29, 0.717) is 5.88 Å². The highest BCUT2D eigenvalue weighted by molar-refractivity contribution is 5.64. The summed E-state index contributed by atoms with van der Waals surface area (Å²) in [5, 5.41) is 0. The third-order valence-corrected chi connectivity index (χ3v) is 2.19. The van der Waals surface area contributed by atoms with Crippen LogP contribution in [-0.4, -0.2) is 12.1 Å². The van der Waals surface area contributed by atoms with E-state index in [1.165, 1.54) is 0 Å². The lowest BCUT2D eigenvalue weighted by molar-refractivity contribution is 0.398. The monoisotopic (exact) mass is 200 g/mol. The molecule has 0 atom stereocenters. The first kappa shape index (κ1) is 9.52. The number of hydrogen-bond donors (Lipinski definition) is 1. The van der Waals surface area contributed by atoms with E-state index in [-0.39, 0.29) is 0 Å². The molecule has 3 heteroatoms. The van der Waals surface area contributed by atoms with Crippen LogP contribution in [0.25, 0.3) is 11.1 Å². The van der Waals surface area contributed by atoms with Crippen molar-refractivity contribution in [3.05, 3.63) is 42.6 Å². The maximum atomic E-state index is 5.61. The quantitative estimate of drug-likeness (QED) is 0.757. The first-order valence-electron chi connectivity index (χ1n) is 4.65. The van der Waals surface area contributed by atoms with Crippen LogP contribution >= 0.6 is 0 Å². The summed E-state index contributed by atoms with van der Waals surface area (Å²) in [6.07, 6.45) is 1.78. The van der Waals surface area contributed by atoms with Crippen molar-refractivity contribution in [3.63, 3.8) is 0 Å². The second-order valence-electron chi connectivity index (χ2n) is 3.21. The van der Waals surface area contributed by atoms with Gasteiger partial charge in [-0.3, -0.25) is 0 Å². The molecule has 0 saturated carbocycles. The van der Waals surface area contributed by atoms with Crippen LogP contribution in [0.2, 0.25) is 0 Å². The Bertz CT molecular complexity index is 434. The molecule has 0 aliphatic heterocycles. The average Bonchev–Trinajstić information content (AvgIpc) is 2.30. The zero-order valence-electron chi connectivity index (χ0n) is 8.47. The van der Waals surface area contributed by atoms with Gasteiger partial charge in [-0.1, -0.05) is 12.1 Å². The van der Waals surface area contributed by atoms with Crippen LogP contribution in [-0.2, 0) is 0 Å². The van der Waals surface area contributed by atoms with Crippen molar-refractivity contribution in [2.24, 2.45) is 0 Å². The molecule has 0 saturated heterocycles. The minimum absolute atomic E-state index is 0.620. The molecule has 0 spiro atoms. The second kappa shape index (κ2) is 4.00. The third kappa shape index (κ3) is 2.07. The fourth-order valence-corrected chi connectivity index (χ4v) is 1.35. The molecule has 0 aliphatic rings. The number of aromatic nitrogens is 1. The maximum Gasteiger partial charge on any atom is 0.212 e. The number of benzene rings is 1. The number of nitrogens with two attached hydrogens (primary N) is 1. The van der Waals surface area contributed by atoms with Crippen molar-refractivity contribution in [2.45, 2.75) is 0 Å². The SMILES string of the molecule is COc1ccc(-c2ccc(N)cc2)cn1. The van der Waals surface area contributed by atoms with Gasteiger partial charge in [-0.15, -0.1) is 0 Å². The molecule has 2 rings (SSSR count). The summed E-state index contributed by atoms with van der Waals surface area (Å²) in [5.74, 6) is 0.620. The molecule has 0 amide bonds. The highest BCUT2D eigenvalue weighted by Crippen LogP contribution is 2.20. The number of rotatable bonds is 2. The molecule has 15 heavy (non-hydrogen) atoms. The van der Waals surface area contributed by atoms with Gasteiger partial charge in [0.1, 0.15) is 0 Å². The molecule has 2 aromatic rings. The van der Waals surface area contributed by atoms with Crippen LogP contribution in [0.3, 0.4) is 0 Å². The Labute approximate surface area is 88.5 Å². The van der Waals surface area contributed by atoms with E-state index < -0.39 is 0 Å². The van der Waals surface area contributed by atoms with Crippen LogP contribution in [0.4, 0.5) is 5.69 Å². The number of methoxy groups -OCH3 is 1. The van der Waals surface area contributed by atoms with E-state index in [1.54, 1.807) is 13.3 Å². The molecular weight excluding hydrogens is 188 g/mol. The Kier molecular flexibility index (Phi) is 2.54. The van der Waals surface area contributed by atoms with Gasteiger partial charge in [0.2, 0.25) is 5.88 Å². The Morgan fingerprint density at radius 3 is 2.20 bits per heavy atom. The molecule has 1 aromatic carbocycles. The predicted molar refractivity (Wildman–Crippen MR) is 60.6 cm³/mol. The van der Waals surface area contributed by atoms with Gasteiger partial charge in [-0.25, -0.2) is 4.98 Å². The van der Waals surface area contributed by atoms with Gasteiger partial charge in [0.15, 0.2) is 0 Å². The Morgan fingerprint density at radius 2 is 1.67 bits per heavy atom. The normalized spacial score (nSPS) is 9.93. The number of nitrogen functional groups attached to an aromatic ring is 1. The minimum Gasteiger partial charge on any atom is -0.481 e. The molecule has 76 valence electrons. The highest BCUT2D eigenvalue weighted by atomic mass is 16.5. The Morgan fingerprint density at radius 1 is 1.00 bits per heavy atom. The van der Waals surface area contributed by atoms with Crippen molar-refractivity contribution in [1.29, 1.82) is 0 Å². The maximum absolute atomic E-state index is 5.61. The highest BCUT2D eigenvalue weighted by Gasteiger charge is 1.98. The standard InChI is InChI=1S/C12H12N2O/c1-15-12-7-4-10(8-14-12)9-2-5-11(13)6-3-9/h2-8H,13H2,1H3. The van der Waals surface area contributed by atoms with Crippen molar-refractivity contribution >= 4 is 5.69 Å². The Balaban J connectivity index is 2.33. The van der Waals surface area contributed by atoms with Gasteiger partial charge in [0, 0.05) is 23.5 Å². The summed E-state index contributed by atoms with van der Waals surface area (Å²) in [7, 11) is 1.60. The molecule has 0 bridgehead atoms. The van der Waals surface area contributed by atoms with Crippen LogP contribution in [0, 0.1) is 0 Å². The van der Waals surface area contributed by atoms with Crippen LogP contribution in [0.15, 0.2) is 42.6 Å². The number of hydrogen-bond acceptors (Lipinski definition) is 3. The van der Waals surface area contributed by atoms with Crippen molar-refractivity contribution < 1.29 is 4.74 Å². The van der Waals surface area contributed by atoms with E-state index in [1.807, 2.05) is 36.4 Å². The lowest BCUT2D eigenvalue weighted by atomic mass is 10.1. The smallest absolute Gasteiger partial charge is 0.212 e. The zero-order chi connectivity index (χ0) is 10.7. The third-order valence-electron chi connectivity index (χ3n) is 2.19. The van der Waals surface area contributed by atoms with Gasteiger partial charge in [-0.05, 0) is 23.8 Å². The summed E-state index contributed by atoms with van der Waals surface area (Å²) in [6.45, 7) is 0. The van der Waals surface area contributed by atoms with E-state index in [9.17, 15) is 0 Å². The number of nitrogens with zero attached hydrogens (tertiary/aromatic N) is 1. The number of anilines is 1. The van der Waals surface area contributed by atoms with Gasteiger partial charge in [0.05, 0.1) is 7.11 Å². The van der Waals surface area contributed by atoms with E-state index in [0.717, 1.165) is 16.8 Å². The van der Waals surface area contributed by atoms with Crippen molar-refractivity contribution in [2.75, 3.05) is 12.8 Å². The molecule has 1 heterocycles. The summed E-state index contributed by atoms with van der Waals surface area (Å²) in [5.41, 5.74) is 8.53. The molecular formula is C12H12N2O. The molecule has 0 radical (unpaired) electrons. The fourth-order valence-electron chi connectivity index (χ4n) is 1.35. The lowest BCUT2D eigenvalue weighted by Crippen LogP contribution is -1.88. The average molecular weight is 200 g/mol. The summed E-state index contributed by atoms with van der Waals surface area (Å²) < 4.78 is 4.99. The largest absolute Gasteiger partial charge is 0.481 e. The molecule has 0 unspecified atom stereocenters. The Hall–Kier alpha value is -2.03. The van der Waals surface area contributed by atoms with Crippen LogP contribution < -0.4 is 10.5 Å². The van der Waals surface area contributed by atoms with Gasteiger partial charge >= 0.3 is 0 Å². The lowest BCUT2D eigenvalue weighted by Gasteiger charge is -2.03. The van der Waals surface area contributed by atoms with Crippen molar-refractivity contribution in [3.8, 4) is 17.0 Å².